The smallest absolute Gasteiger partial charge is 0.254 e. The summed E-state index contributed by atoms with van der Waals surface area (Å²) in [4.78, 5) is 79.9. The Kier molecular flexibility index (Phi) is 26.9. The largest absolute Gasteiger partial charge is 0.394 e. The summed E-state index contributed by atoms with van der Waals surface area (Å²) >= 11 is 0. The van der Waals surface area contributed by atoms with E-state index in [1.807, 2.05) is 125 Å². The number of piperazine rings is 3. The summed E-state index contributed by atoms with van der Waals surface area (Å²) in [5.41, 5.74) is 16.7. The molecular weight excluding hydrogens is 1420 g/mol. The number of nitrogens with one attached hydrogen (secondary N) is 3. The van der Waals surface area contributed by atoms with Crippen LogP contribution in [0.5, 0.6) is 0 Å². The van der Waals surface area contributed by atoms with E-state index in [9.17, 15) is 19.5 Å². The molecule has 4 N–H and O–H groups in total. The normalized spacial score (nSPS) is 18.5. The highest BCUT2D eigenvalue weighted by molar-refractivity contribution is 6.01. The number of aromatic nitrogens is 6. The van der Waals surface area contributed by atoms with Crippen molar-refractivity contribution in [1.82, 2.24) is 44.8 Å². The van der Waals surface area contributed by atoms with Crippen molar-refractivity contribution in [1.29, 1.82) is 0 Å². The second-order valence-electron chi connectivity index (χ2n) is 31.8. The van der Waals surface area contributed by atoms with Gasteiger partial charge >= 0.3 is 0 Å². The Labute approximate surface area is 675 Å². The minimum absolute atomic E-state index is 0.00457. The third-order valence-corrected chi connectivity index (χ3v) is 24.4. The Morgan fingerprint density at radius 1 is 0.360 bits per heavy atom. The van der Waals surface area contributed by atoms with Crippen molar-refractivity contribution in [3.8, 4) is 0 Å². The number of nitrogens with zero attached hydrogens (tertiary/aromatic N) is 15. The van der Waals surface area contributed by atoms with Crippen molar-refractivity contribution in [2.24, 2.45) is 0 Å². The van der Waals surface area contributed by atoms with Crippen LogP contribution in [0.1, 0.15) is 146 Å². The molecule has 600 valence electrons. The van der Waals surface area contributed by atoms with Crippen LogP contribution in [-0.4, -0.2) is 209 Å². The standard InChI is InChI=1S/2C31H40N6O.C30H38N6O2/c2*1-5-26-21-36(18-19-37(26)28-11-7-9-15-33-28)31(38)29-22(2)20-23(3)30(24(29)4)34-25-12-16-35(17-13-25)27-10-6-8-14-32-27;1-21-18-22(2)29(32-24-11-14-34(15-12-24)27-10-7-13-31-33-27)23(3)28(21)30(38)35-16-17-36(26(19-35)20-37)25-8-5-4-6-9-25/h2*6-11,14-15,20,25-26,34H,5,12-13,16-19,21H2,1-4H3;4-10,13,18,24,26,32,37H,11-12,14-17,19-20H2,1-3H3/t3*26-/m110/s1. The number of aliphatic hydroxyl groups is 1. The molecule has 11 heterocycles. The Morgan fingerprint density at radius 3 is 1.01 bits per heavy atom. The second kappa shape index (κ2) is 37.8. The summed E-state index contributed by atoms with van der Waals surface area (Å²) < 4.78 is 0. The fourth-order valence-electron chi connectivity index (χ4n) is 18.2. The molecule has 6 saturated heterocycles. The number of benzene rings is 4. The summed E-state index contributed by atoms with van der Waals surface area (Å²) in [6.07, 6.45) is 17.2. The van der Waals surface area contributed by atoms with Gasteiger partial charge in [-0.1, -0.05) is 74.5 Å². The van der Waals surface area contributed by atoms with Crippen LogP contribution in [0.15, 0.2) is 164 Å². The van der Waals surface area contributed by atoms with Crippen LogP contribution in [0.2, 0.25) is 0 Å². The number of hydrogen-bond donors (Lipinski definition) is 4. The molecule has 114 heavy (non-hydrogen) atoms. The van der Waals surface area contributed by atoms with Crippen LogP contribution in [0.4, 0.5) is 51.8 Å². The molecule has 6 aliphatic heterocycles. The monoisotopic (exact) mass is 1540 g/mol. The van der Waals surface area contributed by atoms with Gasteiger partial charge in [-0.3, -0.25) is 14.4 Å². The number of carbonyl (C=O) groups excluding carboxylic acids is 3. The van der Waals surface area contributed by atoms with Crippen molar-refractivity contribution in [2.45, 2.75) is 164 Å². The average molecular weight is 1540 g/mol. The number of piperidine rings is 3. The first-order valence-electron chi connectivity index (χ1n) is 41.5. The number of aryl methyl sites for hydroxylation is 6. The molecule has 4 aromatic carbocycles. The zero-order chi connectivity index (χ0) is 79.9. The molecule has 22 heteroatoms. The van der Waals surface area contributed by atoms with Gasteiger partial charge in [0.2, 0.25) is 0 Å². The molecule has 3 amide bonds. The SMILES string of the molecule is CC[C@@H]1CN(C(=O)c2c(C)cc(C)c(NC3CCN(c4ccccn4)CC3)c2C)CCN1c1ccccn1.CC[C@@H]1CN(C(=O)c2c(C)cc(C)c(NC3CCN(c4ccccn4)CC3)c2C)CCN1c1ccccn1.Cc1cc(C)c(C(=O)N2CCN(c3ccccc3)[C@H](CO)C2)c(C)c1NC1CCN(c2cccnn2)CC1. The summed E-state index contributed by atoms with van der Waals surface area (Å²) in [7, 11) is 0. The van der Waals surface area contributed by atoms with Gasteiger partial charge in [0.25, 0.3) is 17.7 Å². The van der Waals surface area contributed by atoms with Gasteiger partial charge in [-0.05, 0) is 237 Å². The van der Waals surface area contributed by atoms with Gasteiger partial charge in [-0.2, -0.15) is 5.10 Å². The molecular formula is C92H118N18O4. The van der Waals surface area contributed by atoms with Crippen LogP contribution in [0.3, 0.4) is 0 Å². The van der Waals surface area contributed by atoms with Gasteiger partial charge in [0.05, 0.1) is 12.6 Å². The summed E-state index contributed by atoms with van der Waals surface area (Å²) in [5.74, 6) is 5.36. The molecule has 0 unspecified atom stereocenters. The molecule has 0 saturated carbocycles. The molecule has 22 nitrogen and oxygen atoms in total. The Morgan fingerprint density at radius 2 is 0.684 bits per heavy atom. The number of anilines is 9. The molecule has 0 bridgehead atoms. The van der Waals surface area contributed by atoms with Gasteiger partial charge in [-0.15, -0.1) is 5.10 Å². The Hall–Kier alpha value is -10.9. The lowest BCUT2D eigenvalue weighted by Crippen LogP contribution is -2.56. The van der Waals surface area contributed by atoms with Gasteiger partial charge in [-0.25, -0.2) is 19.9 Å². The second-order valence-corrected chi connectivity index (χ2v) is 31.8. The molecule has 3 atom stereocenters. The Bertz CT molecular complexity index is 4190. The first-order valence-corrected chi connectivity index (χ1v) is 41.5. The molecule has 0 spiro atoms. The lowest BCUT2D eigenvalue weighted by Gasteiger charge is -2.42. The van der Waals surface area contributed by atoms with E-state index in [-0.39, 0.29) is 42.5 Å². The maximum Gasteiger partial charge on any atom is 0.254 e. The van der Waals surface area contributed by atoms with E-state index >= 15 is 0 Å². The number of pyridine rings is 4. The van der Waals surface area contributed by atoms with E-state index in [1.54, 1.807) is 6.20 Å². The quantitative estimate of drug-likeness (QED) is 0.0628. The molecule has 5 aromatic heterocycles. The zero-order valence-corrected chi connectivity index (χ0v) is 68.9. The van der Waals surface area contributed by atoms with Crippen molar-refractivity contribution < 1.29 is 19.5 Å². The van der Waals surface area contributed by atoms with E-state index in [0.29, 0.717) is 63.9 Å². The number of rotatable bonds is 18. The van der Waals surface area contributed by atoms with Crippen molar-refractivity contribution in [2.75, 3.05) is 150 Å². The van der Waals surface area contributed by atoms with E-state index in [2.05, 4.69) is 199 Å². The number of hydrogen-bond acceptors (Lipinski definition) is 19. The fraction of sp³-hybridized carbons (Fsp3) is 0.446. The third-order valence-electron chi connectivity index (χ3n) is 24.4. The highest BCUT2D eigenvalue weighted by atomic mass is 16.3. The number of carbonyl (C=O) groups is 3. The van der Waals surface area contributed by atoms with Gasteiger partial charge in [0.1, 0.15) is 23.3 Å². The van der Waals surface area contributed by atoms with E-state index in [4.69, 9.17) is 0 Å². The maximum atomic E-state index is 14.0. The van der Waals surface area contributed by atoms with Crippen LogP contribution in [-0.2, 0) is 0 Å². The first kappa shape index (κ1) is 81.2. The highest BCUT2D eigenvalue weighted by Crippen LogP contribution is 2.37. The van der Waals surface area contributed by atoms with Crippen LogP contribution < -0.4 is 45.3 Å². The highest BCUT2D eigenvalue weighted by Gasteiger charge is 2.37. The summed E-state index contributed by atoms with van der Waals surface area (Å²) in [6, 6.07) is 46.3. The van der Waals surface area contributed by atoms with E-state index in [1.165, 1.54) is 11.1 Å². The molecule has 6 aliphatic rings. The third kappa shape index (κ3) is 18.8. The zero-order valence-electron chi connectivity index (χ0n) is 68.9. The van der Waals surface area contributed by atoms with E-state index in [0.717, 1.165) is 211 Å². The van der Waals surface area contributed by atoms with Crippen molar-refractivity contribution in [3.05, 3.63) is 231 Å². The lowest BCUT2D eigenvalue weighted by molar-refractivity contribution is 0.0694. The lowest BCUT2D eigenvalue weighted by atomic mass is 9.94. The topological polar surface area (TPSA) is 214 Å². The van der Waals surface area contributed by atoms with Gasteiger partial charge in [0, 0.05) is 199 Å². The predicted octanol–water partition coefficient (Wildman–Crippen LogP) is 14.3. The van der Waals surface area contributed by atoms with Crippen LogP contribution in [0.25, 0.3) is 0 Å². The number of amides is 3. The molecule has 15 rings (SSSR count). The van der Waals surface area contributed by atoms with Crippen LogP contribution >= 0.6 is 0 Å². The minimum Gasteiger partial charge on any atom is -0.394 e. The number of para-hydroxylation sites is 1. The van der Waals surface area contributed by atoms with Gasteiger partial charge < -0.3 is 65.2 Å². The molecule has 0 aliphatic carbocycles. The first-order chi connectivity index (χ1) is 55.4. The maximum absolute atomic E-state index is 14.0. The fourth-order valence-corrected chi connectivity index (χ4v) is 18.2. The van der Waals surface area contributed by atoms with Gasteiger partial charge in [0.15, 0.2) is 5.82 Å². The minimum atomic E-state index is -0.127. The van der Waals surface area contributed by atoms with Crippen molar-refractivity contribution >= 4 is 69.6 Å². The van der Waals surface area contributed by atoms with Crippen LogP contribution in [0, 0.1) is 62.3 Å². The average Bonchev–Trinajstić information content (AvgIpc) is 0.784. The van der Waals surface area contributed by atoms with E-state index < -0.39 is 0 Å². The predicted molar refractivity (Wildman–Crippen MR) is 463 cm³/mol. The van der Waals surface area contributed by atoms with Crippen molar-refractivity contribution in [3.63, 3.8) is 0 Å². The molecule has 0 radical (unpaired) electrons. The molecule has 9 aromatic rings. The molecule has 6 fully saturated rings. The number of aliphatic hydroxyl groups excluding tert-OH is 1. The summed E-state index contributed by atoms with van der Waals surface area (Å²) in [5, 5.41) is 29.9. The summed E-state index contributed by atoms with van der Waals surface area (Å²) in [6.45, 7) is 35.3. The Balaban J connectivity index is 0.000000149.